The lowest BCUT2D eigenvalue weighted by atomic mass is 10.1. The molecule has 0 heterocycles. The number of rotatable bonds is 1. The molecule has 0 unspecified atom stereocenters. The highest BCUT2D eigenvalue weighted by molar-refractivity contribution is 5.36. The molecule has 0 aliphatic rings. The van der Waals surface area contributed by atoms with Gasteiger partial charge in [-0.2, -0.15) is 0 Å². The second-order valence-electron chi connectivity index (χ2n) is 2.56. The molecule has 0 saturated carbocycles. The Hall–Kier alpha value is -1.26. The molecule has 0 aliphatic carbocycles. The van der Waals surface area contributed by atoms with Crippen LogP contribution < -0.4 is 5.73 Å². The van der Waals surface area contributed by atoms with Gasteiger partial charge >= 0.3 is 0 Å². The van der Waals surface area contributed by atoms with Gasteiger partial charge in [0.15, 0.2) is 0 Å². The predicted molar refractivity (Wildman–Crippen MR) is 51.5 cm³/mol. The average molecular weight is 159 g/mol. The van der Waals surface area contributed by atoms with Crippen LogP contribution in [0.4, 0.5) is 0 Å². The fourth-order valence-electron chi connectivity index (χ4n) is 0.967. The van der Waals surface area contributed by atoms with Gasteiger partial charge in [-0.1, -0.05) is 30.9 Å². The first-order valence-corrected chi connectivity index (χ1v) is 4.14. The molecule has 0 saturated heterocycles. The van der Waals surface area contributed by atoms with Gasteiger partial charge in [-0.05, 0) is 17.7 Å². The lowest BCUT2D eigenvalue weighted by Gasteiger charge is -1.95. The molecular weight excluding hydrogens is 146 g/mol. The van der Waals surface area contributed by atoms with E-state index in [1.165, 1.54) is 0 Å². The summed E-state index contributed by atoms with van der Waals surface area (Å²) in [6.45, 7) is 2.63. The van der Waals surface area contributed by atoms with Crippen LogP contribution in [0.2, 0.25) is 0 Å². The van der Waals surface area contributed by atoms with E-state index < -0.39 is 0 Å². The van der Waals surface area contributed by atoms with Gasteiger partial charge < -0.3 is 5.73 Å². The van der Waals surface area contributed by atoms with E-state index in [1.54, 1.807) is 0 Å². The first-order valence-electron chi connectivity index (χ1n) is 4.14. The molecule has 1 heteroatoms. The largest absolute Gasteiger partial charge is 0.326 e. The molecular formula is C11H13N. The van der Waals surface area contributed by atoms with Gasteiger partial charge in [0.05, 0.1) is 0 Å². The van der Waals surface area contributed by atoms with Crippen LogP contribution in [0.15, 0.2) is 24.3 Å². The summed E-state index contributed by atoms with van der Waals surface area (Å²) in [5.74, 6) is 6.09. The Labute approximate surface area is 73.6 Å². The lowest BCUT2D eigenvalue weighted by Crippen LogP contribution is -1.95. The average Bonchev–Trinajstić information content (AvgIpc) is 2.15. The fourth-order valence-corrected chi connectivity index (χ4v) is 0.967. The normalized spacial score (nSPS) is 8.83. The highest BCUT2D eigenvalue weighted by atomic mass is 14.5. The van der Waals surface area contributed by atoms with E-state index >= 15 is 0 Å². The van der Waals surface area contributed by atoms with Gasteiger partial charge in [0.25, 0.3) is 0 Å². The molecule has 0 atom stereocenters. The molecule has 1 aromatic carbocycles. The van der Waals surface area contributed by atoms with Crippen molar-refractivity contribution in [1.29, 1.82) is 0 Å². The Kier molecular flexibility index (Phi) is 3.37. The number of benzene rings is 1. The fraction of sp³-hybridized carbons (Fsp3) is 0.273. The van der Waals surface area contributed by atoms with Gasteiger partial charge in [0, 0.05) is 18.5 Å². The summed E-state index contributed by atoms with van der Waals surface area (Å²) < 4.78 is 0. The minimum atomic E-state index is 0.585. The molecule has 12 heavy (non-hydrogen) atoms. The van der Waals surface area contributed by atoms with Crippen LogP contribution in [0.25, 0.3) is 0 Å². The van der Waals surface area contributed by atoms with E-state index in [0.29, 0.717) is 6.54 Å². The molecule has 0 amide bonds. The number of nitrogens with two attached hydrogens (primary N) is 1. The van der Waals surface area contributed by atoms with Crippen LogP contribution in [0, 0.1) is 11.8 Å². The maximum Gasteiger partial charge on any atom is 0.0248 e. The SMILES string of the molecule is CCC#Cc1cccc(CN)c1. The summed E-state index contributed by atoms with van der Waals surface area (Å²) in [6, 6.07) is 8.03. The predicted octanol–water partition coefficient (Wildman–Crippen LogP) is 1.91. The second-order valence-corrected chi connectivity index (χ2v) is 2.56. The van der Waals surface area contributed by atoms with Crippen LogP contribution in [-0.2, 0) is 6.54 Å². The Morgan fingerprint density at radius 2 is 2.25 bits per heavy atom. The van der Waals surface area contributed by atoms with Crippen molar-refractivity contribution in [2.75, 3.05) is 0 Å². The van der Waals surface area contributed by atoms with E-state index in [2.05, 4.69) is 11.8 Å². The zero-order chi connectivity index (χ0) is 8.81. The number of hydrogen-bond donors (Lipinski definition) is 1. The monoisotopic (exact) mass is 159 g/mol. The van der Waals surface area contributed by atoms with Crippen molar-refractivity contribution in [3.8, 4) is 11.8 Å². The quantitative estimate of drug-likeness (QED) is 0.622. The minimum Gasteiger partial charge on any atom is -0.326 e. The van der Waals surface area contributed by atoms with Crippen molar-refractivity contribution in [3.63, 3.8) is 0 Å². The van der Waals surface area contributed by atoms with Crippen molar-refractivity contribution in [1.82, 2.24) is 0 Å². The number of hydrogen-bond acceptors (Lipinski definition) is 1. The van der Waals surface area contributed by atoms with Crippen LogP contribution >= 0.6 is 0 Å². The Morgan fingerprint density at radius 1 is 1.42 bits per heavy atom. The summed E-state index contributed by atoms with van der Waals surface area (Å²) in [6.07, 6.45) is 0.896. The Balaban J connectivity index is 2.86. The topological polar surface area (TPSA) is 26.0 Å². The summed E-state index contributed by atoms with van der Waals surface area (Å²) in [5, 5.41) is 0. The summed E-state index contributed by atoms with van der Waals surface area (Å²) >= 11 is 0. The summed E-state index contributed by atoms with van der Waals surface area (Å²) in [5.41, 5.74) is 7.69. The molecule has 0 spiro atoms. The van der Waals surface area contributed by atoms with E-state index in [0.717, 1.165) is 17.5 Å². The molecule has 62 valence electrons. The van der Waals surface area contributed by atoms with Gasteiger partial charge in [-0.3, -0.25) is 0 Å². The van der Waals surface area contributed by atoms with Crippen LogP contribution in [0.3, 0.4) is 0 Å². The van der Waals surface area contributed by atoms with E-state index in [4.69, 9.17) is 5.73 Å². The lowest BCUT2D eigenvalue weighted by molar-refractivity contribution is 1.07. The van der Waals surface area contributed by atoms with Crippen LogP contribution in [0.5, 0.6) is 0 Å². The Morgan fingerprint density at radius 3 is 2.92 bits per heavy atom. The van der Waals surface area contributed by atoms with E-state index in [9.17, 15) is 0 Å². The van der Waals surface area contributed by atoms with Crippen LogP contribution in [-0.4, -0.2) is 0 Å². The molecule has 2 N–H and O–H groups in total. The summed E-state index contributed by atoms with van der Waals surface area (Å²) in [4.78, 5) is 0. The van der Waals surface area contributed by atoms with Crippen molar-refractivity contribution >= 4 is 0 Å². The zero-order valence-electron chi connectivity index (χ0n) is 7.30. The van der Waals surface area contributed by atoms with Crippen molar-refractivity contribution < 1.29 is 0 Å². The molecule has 0 bridgehead atoms. The van der Waals surface area contributed by atoms with Gasteiger partial charge in [0.2, 0.25) is 0 Å². The molecule has 1 aromatic rings. The smallest absolute Gasteiger partial charge is 0.0248 e. The molecule has 0 aliphatic heterocycles. The van der Waals surface area contributed by atoms with Gasteiger partial charge in [0.1, 0.15) is 0 Å². The van der Waals surface area contributed by atoms with Crippen molar-refractivity contribution in [3.05, 3.63) is 35.4 Å². The highest BCUT2D eigenvalue weighted by Crippen LogP contribution is 2.02. The Bertz CT molecular complexity index is 304. The molecule has 0 fully saturated rings. The van der Waals surface area contributed by atoms with Gasteiger partial charge in [-0.15, -0.1) is 0 Å². The van der Waals surface area contributed by atoms with Gasteiger partial charge in [-0.25, -0.2) is 0 Å². The first kappa shape index (κ1) is 8.83. The third kappa shape index (κ3) is 2.41. The summed E-state index contributed by atoms with van der Waals surface area (Å²) in [7, 11) is 0. The van der Waals surface area contributed by atoms with Crippen LogP contribution in [0.1, 0.15) is 24.5 Å². The second kappa shape index (κ2) is 4.58. The maximum absolute atomic E-state index is 5.50. The first-order chi connectivity index (χ1) is 5.86. The molecule has 0 radical (unpaired) electrons. The minimum absolute atomic E-state index is 0.585. The molecule has 1 nitrogen and oxygen atoms in total. The zero-order valence-corrected chi connectivity index (χ0v) is 7.30. The van der Waals surface area contributed by atoms with E-state index in [1.807, 2.05) is 31.2 Å². The molecule has 0 aromatic heterocycles. The third-order valence-electron chi connectivity index (χ3n) is 1.57. The third-order valence-corrected chi connectivity index (χ3v) is 1.57. The maximum atomic E-state index is 5.50. The molecule has 1 rings (SSSR count). The highest BCUT2D eigenvalue weighted by Gasteiger charge is 1.89. The van der Waals surface area contributed by atoms with Crippen molar-refractivity contribution in [2.45, 2.75) is 19.9 Å². The standard InChI is InChI=1S/C11H13N/c1-2-3-5-10-6-4-7-11(8-10)9-12/h4,6-8H,2,9,12H2,1H3. The van der Waals surface area contributed by atoms with Crippen molar-refractivity contribution in [2.24, 2.45) is 5.73 Å². The van der Waals surface area contributed by atoms with E-state index in [-0.39, 0.29) is 0 Å².